The Hall–Kier alpha value is -2.50. The molecule has 0 aliphatic carbocycles. The molecule has 0 spiro atoms. The van der Waals surface area contributed by atoms with Gasteiger partial charge < -0.3 is 14.2 Å². The Balaban J connectivity index is 2.16. The van der Waals surface area contributed by atoms with E-state index in [1.807, 2.05) is 36.6 Å². The summed E-state index contributed by atoms with van der Waals surface area (Å²) < 4.78 is 6.87. The fraction of sp³-hybridized carbons (Fsp3) is 0.238. The number of nitrogens with zero attached hydrogens (tertiary/aromatic N) is 2. The van der Waals surface area contributed by atoms with Gasteiger partial charge in [-0.25, -0.2) is 4.79 Å². The van der Waals surface area contributed by atoms with Gasteiger partial charge in [-0.3, -0.25) is 4.79 Å². The Morgan fingerprint density at radius 2 is 1.68 bits per heavy atom. The van der Waals surface area contributed by atoms with Crippen LogP contribution in [0.5, 0.6) is 0 Å². The lowest BCUT2D eigenvalue weighted by atomic mass is 10.0. The Morgan fingerprint density at radius 3 is 2.25 bits per heavy atom. The van der Waals surface area contributed by atoms with E-state index >= 15 is 0 Å². The minimum atomic E-state index is -0.531. The first-order valence-corrected chi connectivity index (χ1v) is 9.36. The summed E-state index contributed by atoms with van der Waals surface area (Å²) in [5.74, 6) is -0.773. The zero-order valence-electron chi connectivity index (χ0n) is 16.3. The Bertz CT molecular complexity index is 1040. The summed E-state index contributed by atoms with van der Waals surface area (Å²) >= 11 is 12.3. The van der Waals surface area contributed by atoms with Crippen molar-refractivity contribution in [1.29, 1.82) is 0 Å². The molecule has 7 heteroatoms. The second kappa shape index (κ2) is 7.49. The number of hydrogen-bond donors (Lipinski definition) is 0. The molecule has 1 aliphatic heterocycles. The van der Waals surface area contributed by atoms with Gasteiger partial charge in [-0.05, 0) is 56.7 Å². The highest BCUT2D eigenvalue weighted by Gasteiger charge is 2.35. The van der Waals surface area contributed by atoms with Crippen LogP contribution in [0.15, 0.2) is 41.1 Å². The molecule has 1 aromatic heterocycles. The van der Waals surface area contributed by atoms with Crippen LogP contribution in [0.25, 0.3) is 11.8 Å². The first kappa shape index (κ1) is 20.2. The smallest absolute Gasteiger partial charge is 0.340 e. The molecule has 28 heavy (non-hydrogen) atoms. The first-order chi connectivity index (χ1) is 13.1. The van der Waals surface area contributed by atoms with Crippen LogP contribution < -0.4 is 0 Å². The van der Waals surface area contributed by atoms with Crippen molar-refractivity contribution in [2.45, 2.75) is 20.8 Å². The van der Waals surface area contributed by atoms with E-state index in [1.54, 1.807) is 26.1 Å². The van der Waals surface area contributed by atoms with E-state index in [1.165, 1.54) is 12.0 Å². The molecule has 0 radical (unpaired) electrons. The molecule has 0 saturated heterocycles. The Labute approximate surface area is 173 Å². The molecule has 0 atom stereocenters. The van der Waals surface area contributed by atoms with Gasteiger partial charge >= 0.3 is 5.97 Å². The van der Waals surface area contributed by atoms with E-state index in [4.69, 9.17) is 27.9 Å². The van der Waals surface area contributed by atoms with Crippen LogP contribution in [0.3, 0.4) is 0 Å². The van der Waals surface area contributed by atoms with Gasteiger partial charge in [-0.15, -0.1) is 0 Å². The summed E-state index contributed by atoms with van der Waals surface area (Å²) in [6.07, 6.45) is 1.73. The Morgan fingerprint density at radius 1 is 1.07 bits per heavy atom. The maximum atomic E-state index is 12.7. The summed E-state index contributed by atoms with van der Waals surface area (Å²) in [6, 6.07) is 7.27. The topological polar surface area (TPSA) is 51.5 Å². The van der Waals surface area contributed by atoms with Crippen molar-refractivity contribution in [3.63, 3.8) is 0 Å². The Kier molecular flexibility index (Phi) is 5.41. The zero-order chi connectivity index (χ0) is 20.7. The van der Waals surface area contributed by atoms with E-state index in [0.717, 1.165) is 22.6 Å². The van der Waals surface area contributed by atoms with Crippen molar-refractivity contribution in [1.82, 2.24) is 9.47 Å². The maximum Gasteiger partial charge on any atom is 0.340 e. The number of carbonyl (C=O) groups excluding carboxylic acids is 2. The molecular formula is C21H20Cl2N2O3. The predicted molar refractivity (Wildman–Crippen MR) is 111 cm³/mol. The standard InChI is InChI=1S/C21H20Cl2N2O3/c1-11-6-14(12(2)25(11)17-9-15(22)8-16(23)10-17)7-18-19(21(27)28-5)13(3)24(4)20(18)26/h6-10H,1-5H3/b18-7-. The minimum absolute atomic E-state index is 0.242. The molecule has 2 heterocycles. The van der Waals surface area contributed by atoms with E-state index in [2.05, 4.69) is 0 Å². The van der Waals surface area contributed by atoms with Crippen molar-refractivity contribution in [2.24, 2.45) is 0 Å². The van der Waals surface area contributed by atoms with Gasteiger partial charge in [-0.1, -0.05) is 23.2 Å². The number of benzene rings is 1. The molecule has 0 saturated carbocycles. The summed E-state index contributed by atoms with van der Waals surface area (Å²) in [7, 11) is 2.94. The molecule has 1 amide bonds. The monoisotopic (exact) mass is 418 g/mol. The van der Waals surface area contributed by atoms with E-state index in [9.17, 15) is 9.59 Å². The number of aryl methyl sites for hydroxylation is 1. The van der Waals surface area contributed by atoms with Gasteiger partial charge in [0.1, 0.15) is 0 Å². The quantitative estimate of drug-likeness (QED) is 0.535. The van der Waals surface area contributed by atoms with Crippen molar-refractivity contribution >= 4 is 41.2 Å². The number of esters is 1. The van der Waals surface area contributed by atoms with Crippen LogP contribution in [-0.2, 0) is 14.3 Å². The van der Waals surface area contributed by atoms with Crippen LogP contribution in [-0.4, -0.2) is 35.5 Å². The van der Waals surface area contributed by atoms with Crippen molar-refractivity contribution in [2.75, 3.05) is 14.2 Å². The van der Waals surface area contributed by atoms with Crippen LogP contribution >= 0.6 is 23.2 Å². The van der Waals surface area contributed by atoms with Gasteiger partial charge in [0.25, 0.3) is 5.91 Å². The molecule has 0 N–H and O–H groups in total. The maximum absolute atomic E-state index is 12.7. The van der Waals surface area contributed by atoms with Gasteiger partial charge in [0.05, 0.1) is 18.3 Å². The molecule has 0 fully saturated rings. The van der Waals surface area contributed by atoms with Gasteiger partial charge in [-0.2, -0.15) is 0 Å². The van der Waals surface area contributed by atoms with Crippen LogP contribution in [0.1, 0.15) is 23.9 Å². The van der Waals surface area contributed by atoms with Gasteiger partial charge in [0, 0.05) is 39.9 Å². The number of allylic oxidation sites excluding steroid dienone is 1. The zero-order valence-corrected chi connectivity index (χ0v) is 17.8. The lowest BCUT2D eigenvalue weighted by Crippen LogP contribution is -2.19. The number of halogens is 2. The average molecular weight is 419 g/mol. The lowest BCUT2D eigenvalue weighted by molar-refractivity contribution is -0.136. The minimum Gasteiger partial charge on any atom is -0.465 e. The SMILES string of the molecule is COC(=O)C1=C(C)N(C)C(=O)/C1=C\c1cc(C)n(-c2cc(Cl)cc(Cl)c2)c1C. The normalized spacial score (nSPS) is 15.8. The number of ether oxygens (including phenoxy) is 1. The number of methoxy groups -OCH3 is 1. The average Bonchev–Trinajstić information content (AvgIpc) is 3.02. The third kappa shape index (κ3) is 3.36. The van der Waals surface area contributed by atoms with Crippen molar-refractivity contribution < 1.29 is 14.3 Å². The van der Waals surface area contributed by atoms with E-state index < -0.39 is 5.97 Å². The number of amides is 1. The molecule has 1 aromatic carbocycles. The van der Waals surface area contributed by atoms with E-state index in [-0.39, 0.29) is 11.5 Å². The molecule has 5 nitrogen and oxygen atoms in total. The van der Waals surface area contributed by atoms with E-state index in [0.29, 0.717) is 21.3 Å². The molecule has 3 rings (SSSR count). The highest BCUT2D eigenvalue weighted by Crippen LogP contribution is 2.32. The van der Waals surface area contributed by atoms with Crippen molar-refractivity contribution in [3.05, 3.63) is 68.1 Å². The third-order valence-electron chi connectivity index (χ3n) is 4.93. The lowest BCUT2D eigenvalue weighted by Gasteiger charge is -2.11. The number of aromatic nitrogens is 1. The highest BCUT2D eigenvalue weighted by atomic mass is 35.5. The number of rotatable bonds is 3. The fourth-order valence-electron chi connectivity index (χ4n) is 3.45. The summed E-state index contributed by atoms with van der Waals surface area (Å²) in [4.78, 5) is 26.4. The predicted octanol–water partition coefficient (Wildman–Crippen LogP) is 4.70. The number of likely N-dealkylation sites (N-methyl/N-ethyl adjacent to an activating group) is 1. The molecule has 2 aromatic rings. The highest BCUT2D eigenvalue weighted by molar-refractivity contribution is 6.34. The van der Waals surface area contributed by atoms with Crippen LogP contribution in [0.4, 0.5) is 0 Å². The molecular weight excluding hydrogens is 399 g/mol. The second-order valence-electron chi connectivity index (χ2n) is 6.66. The fourth-order valence-corrected chi connectivity index (χ4v) is 3.97. The summed E-state index contributed by atoms with van der Waals surface area (Å²) in [5.41, 5.74) is 4.66. The number of carbonyl (C=O) groups is 2. The van der Waals surface area contributed by atoms with Crippen LogP contribution in [0.2, 0.25) is 10.0 Å². The molecule has 146 valence electrons. The first-order valence-electron chi connectivity index (χ1n) is 8.60. The largest absolute Gasteiger partial charge is 0.465 e. The molecule has 1 aliphatic rings. The van der Waals surface area contributed by atoms with Gasteiger partial charge in [0.15, 0.2) is 0 Å². The molecule has 0 unspecified atom stereocenters. The second-order valence-corrected chi connectivity index (χ2v) is 7.54. The summed E-state index contributed by atoms with van der Waals surface area (Å²) in [6.45, 7) is 5.61. The van der Waals surface area contributed by atoms with Crippen molar-refractivity contribution in [3.8, 4) is 5.69 Å². The van der Waals surface area contributed by atoms with Gasteiger partial charge in [0.2, 0.25) is 0 Å². The number of hydrogen-bond acceptors (Lipinski definition) is 3. The summed E-state index contributed by atoms with van der Waals surface area (Å²) in [5, 5.41) is 1.07. The van der Waals surface area contributed by atoms with Crippen LogP contribution in [0, 0.1) is 13.8 Å². The third-order valence-corrected chi connectivity index (χ3v) is 5.37. The molecule has 0 bridgehead atoms.